The summed E-state index contributed by atoms with van der Waals surface area (Å²) in [7, 11) is 0. The van der Waals surface area contributed by atoms with Gasteiger partial charge in [-0.15, -0.1) is 23.4 Å². The van der Waals surface area contributed by atoms with Crippen molar-refractivity contribution in [2.45, 2.75) is 17.6 Å². The van der Waals surface area contributed by atoms with Gasteiger partial charge in [-0.3, -0.25) is 5.32 Å². The number of hydrogen-bond acceptors (Lipinski definition) is 2. The molecule has 0 amide bonds. The van der Waals surface area contributed by atoms with Crippen molar-refractivity contribution in [3.63, 3.8) is 0 Å². The molecule has 1 N–H and O–H groups in total. The van der Waals surface area contributed by atoms with E-state index in [1.165, 1.54) is 12.1 Å². The predicted octanol–water partition coefficient (Wildman–Crippen LogP) is 3.65. The van der Waals surface area contributed by atoms with Crippen LogP contribution < -0.4 is 5.32 Å². The Morgan fingerprint density at radius 3 is 2.41 bits per heavy atom. The summed E-state index contributed by atoms with van der Waals surface area (Å²) in [6.07, 6.45) is -4.27. The van der Waals surface area contributed by atoms with Gasteiger partial charge in [0.15, 0.2) is 0 Å². The molecule has 1 aromatic rings. The highest BCUT2D eigenvalue weighted by molar-refractivity contribution is 7.99. The number of nitrogens with one attached hydrogen (secondary N) is 1. The molecule has 0 aliphatic carbocycles. The molecule has 1 nitrogen and oxygen atoms in total. The highest BCUT2D eigenvalue weighted by atomic mass is 35.5. The van der Waals surface area contributed by atoms with Crippen molar-refractivity contribution in [2.75, 3.05) is 11.6 Å². The molecule has 2 rings (SSSR count). The minimum absolute atomic E-state index is 0.0426. The lowest BCUT2D eigenvalue weighted by Crippen LogP contribution is -2.27. The Kier molecular flexibility index (Phi) is 3.90. The number of thioether (sulfide) groups is 1. The third kappa shape index (κ3) is 3.09. The summed E-state index contributed by atoms with van der Waals surface area (Å²) in [6, 6.07) is 5.50. The van der Waals surface area contributed by atoms with Crippen molar-refractivity contribution in [1.82, 2.24) is 5.32 Å². The maximum atomic E-state index is 12.4. The van der Waals surface area contributed by atoms with Crippen molar-refractivity contribution in [1.29, 1.82) is 0 Å². The molecule has 94 valence electrons. The fraction of sp³-hybridized carbons (Fsp3) is 0.455. The van der Waals surface area contributed by atoms with Crippen molar-refractivity contribution < 1.29 is 13.2 Å². The maximum Gasteiger partial charge on any atom is 0.416 e. The number of halogens is 4. The Bertz CT molecular complexity index is 379. The van der Waals surface area contributed by atoms with E-state index in [9.17, 15) is 13.2 Å². The highest BCUT2D eigenvalue weighted by Gasteiger charge is 2.31. The molecule has 6 heteroatoms. The number of alkyl halides is 4. The summed E-state index contributed by atoms with van der Waals surface area (Å²) in [4.78, 5) is 0. The van der Waals surface area contributed by atoms with E-state index < -0.39 is 11.7 Å². The van der Waals surface area contributed by atoms with Crippen LogP contribution in [0.15, 0.2) is 24.3 Å². The lowest BCUT2D eigenvalue weighted by Gasteiger charge is -2.13. The maximum absolute atomic E-state index is 12.4. The van der Waals surface area contributed by atoms with Crippen molar-refractivity contribution >= 4 is 23.4 Å². The summed E-state index contributed by atoms with van der Waals surface area (Å²) in [5, 5.41) is 3.31. The van der Waals surface area contributed by atoms with Gasteiger partial charge in [0.2, 0.25) is 0 Å². The van der Waals surface area contributed by atoms with Gasteiger partial charge in [-0.2, -0.15) is 13.2 Å². The SMILES string of the molecule is FC(F)(F)c1ccc(C2NC(CCl)CS2)cc1. The van der Waals surface area contributed by atoms with E-state index >= 15 is 0 Å². The topological polar surface area (TPSA) is 12.0 Å². The van der Waals surface area contributed by atoms with Crippen LogP contribution >= 0.6 is 23.4 Å². The van der Waals surface area contributed by atoms with E-state index in [1.807, 2.05) is 0 Å². The van der Waals surface area contributed by atoms with Gasteiger partial charge >= 0.3 is 6.18 Å². The van der Waals surface area contributed by atoms with Crippen molar-refractivity contribution in [2.24, 2.45) is 0 Å². The fourth-order valence-corrected chi connectivity index (χ4v) is 3.26. The van der Waals surface area contributed by atoms with Gasteiger partial charge in [0.05, 0.1) is 10.9 Å². The third-order valence-electron chi connectivity index (χ3n) is 2.58. The molecule has 1 aromatic carbocycles. The first-order valence-corrected chi connectivity index (χ1v) is 6.70. The number of benzene rings is 1. The molecule has 1 aliphatic heterocycles. The van der Waals surface area contributed by atoms with Crippen molar-refractivity contribution in [3.8, 4) is 0 Å². The van der Waals surface area contributed by atoms with E-state index in [0.29, 0.717) is 5.88 Å². The monoisotopic (exact) mass is 281 g/mol. The molecule has 1 aliphatic rings. The lowest BCUT2D eigenvalue weighted by molar-refractivity contribution is -0.137. The van der Waals surface area contributed by atoms with Crippen LogP contribution in [0.2, 0.25) is 0 Å². The van der Waals surface area contributed by atoms with Crippen molar-refractivity contribution in [3.05, 3.63) is 35.4 Å². The quantitative estimate of drug-likeness (QED) is 0.831. The summed E-state index contributed by atoms with van der Waals surface area (Å²) in [6.45, 7) is 0. The van der Waals surface area contributed by atoms with E-state index in [-0.39, 0.29) is 11.4 Å². The second kappa shape index (κ2) is 5.08. The first-order chi connectivity index (χ1) is 8.00. The standard InChI is InChI=1S/C11H11ClF3NS/c12-5-9-6-17-10(16-9)7-1-3-8(4-2-7)11(13,14)15/h1-4,9-10,16H,5-6H2. The number of hydrogen-bond donors (Lipinski definition) is 1. The van der Waals surface area contributed by atoms with Crippen LogP contribution in [0.1, 0.15) is 16.5 Å². The van der Waals surface area contributed by atoms with E-state index in [2.05, 4.69) is 5.32 Å². The first-order valence-electron chi connectivity index (χ1n) is 5.11. The Balaban J connectivity index is 2.09. The van der Waals surface area contributed by atoms with Gasteiger partial charge in [-0.25, -0.2) is 0 Å². The first kappa shape index (κ1) is 13.1. The van der Waals surface area contributed by atoms with Gasteiger partial charge in [0, 0.05) is 17.7 Å². The molecule has 1 saturated heterocycles. The van der Waals surface area contributed by atoms with Crippen LogP contribution in [0.3, 0.4) is 0 Å². The lowest BCUT2D eigenvalue weighted by atomic mass is 10.1. The average Bonchev–Trinajstić information content (AvgIpc) is 2.76. The molecule has 1 fully saturated rings. The molecule has 0 saturated carbocycles. The second-order valence-corrected chi connectivity index (χ2v) is 5.30. The van der Waals surface area contributed by atoms with Gasteiger partial charge < -0.3 is 0 Å². The van der Waals surface area contributed by atoms with Gasteiger partial charge in [-0.1, -0.05) is 12.1 Å². The Morgan fingerprint density at radius 1 is 1.29 bits per heavy atom. The zero-order valence-corrected chi connectivity index (χ0v) is 10.4. The van der Waals surface area contributed by atoms with Crippen LogP contribution in [0.25, 0.3) is 0 Å². The molecule has 0 aromatic heterocycles. The third-order valence-corrected chi connectivity index (χ3v) is 4.29. The van der Waals surface area contributed by atoms with Gasteiger partial charge in [0.25, 0.3) is 0 Å². The van der Waals surface area contributed by atoms with E-state index in [4.69, 9.17) is 11.6 Å². The largest absolute Gasteiger partial charge is 0.416 e. The van der Waals surface area contributed by atoms with E-state index in [0.717, 1.165) is 23.4 Å². The predicted molar refractivity (Wildman–Crippen MR) is 64.3 cm³/mol. The molecular formula is C11H11ClF3NS. The zero-order valence-electron chi connectivity index (χ0n) is 8.80. The minimum Gasteiger partial charge on any atom is -0.297 e. The molecule has 2 unspecified atom stereocenters. The van der Waals surface area contributed by atoms with Crippen LogP contribution in [0.4, 0.5) is 13.2 Å². The molecule has 1 heterocycles. The van der Waals surface area contributed by atoms with Gasteiger partial charge in [-0.05, 0) is 17.7 Å². The fourth-order valence-electron chi connectivity index (χ4n) is 1.65. The smallest absolute Gasteiger partial charge is 0.297 e. The number of rotatable bonds is 2. The van der Waals surface area contributed by atoms with E-state index in [1.54, 1.807) is 11.8 Å². The van der Waals surface area contributed by atoms with Crippen LogP contribution in [0.5, 0.6) is 0 Å². The summed E-state index contributed by atoms with van der Waals surface area (Å²) >= 11 is 7.39. The zero-order chi connectivity index (χ0) is 12.5. The molecule has 0 spiro atoms. The Labute approximate surface area is 107 Å². The summed E-state index contributed by atoms with van der Waals surface area (Å²) in [5.41, 5.74) is 0.244. The summed E-state index contributed by atoms with van der Waals surface area (Å²) < 4.78 is 37.1. The van der Waals surface area contributed by atoms with Gasteiger partial charge in [0.1, 0.15) is 0 Å². The molecule has 0 bridgehead atoms. The molecule has 0 radical (unpaired) electrons. The molecule has 17 heavy (non-hydrogen) atoms. The highest BCUT2D eigenvalue weighted by Crippen LogP contribution is 2.35. The minimum atomic E-state index is -4.27. The Morgan fingerprint density at radius 2 is 1.94 bits per heavy atom. The van der Waals surface area contributed by atoms with Crippen LogP contribution in [-0.4, -0.2) is 17.7 Å². The van der Waals surface area contributed by atoms with Crippen LogP contribution in [0, 0.1) is 0 Å². The second-order valence-electron chi connectivity index (χ2n) is 3.85. The van der Waals surface area contributed by atoms with Crippen LogP contribution in [-0.2, 0) is 6.18 Å². The summed E-state index contributed by atoms with van der Waals surface area (Å²) in [5.74, 6) is 1.40. The normalized spacial score (nSPS) is 25.2. The average molecular weight is 282 g/mol. The Hall–Kier alpha value is -0.390. The molecular weight excluding hydrogens is 271 g/mol. The molecule has 2 atom stereocenters.